The molecule has 8 heteroatoms. The Morgan fingerprint density at radius 3 is 2.29 bits per heavy atom. The highest BCUT2D eigenvalue weighted by Gasteiger charge is 2.48. The number of nitrogens with zero attached hydrogens (tertiary/aromatic N) is 2. The Morgan fingerprint density at radius 1 is 1.11 bits per heavy atom. The van der Waals surface area contributed by atoms with Gasteiger partial charge in [-0.05, 0) is 61.7 Å². The minimum absolute atomic E-state index is 0.0807. The average Bonchev–Trinajstić information content (AvgIpc) is 2.85. The molecular formula is C20H21N3O5. The summed E-state index contributed by atoms with van der Waals surface area (Å²) in [4.78, 5) is 36.6. The Hall–Kier alpha value is -3.42. The fourth-order valence-corrected chi connectivity index (χ4v) is 3.28. The van der Waals surface area contributed by atoms with Crippen LogP contribution in [0.2, 0.25) is 0 Å². The lowest BCUT2D eigenvalue weighted by molar-refractivity contribution is -0.384. The van der Waals surface area contributed by atoms with Crippen molar-refractivity contribution in [2.75, 3.05) is 13.2 Å². The number of benzene rings is 2. The van der Waals surface area contributed by atoms with Gasteiger partial charge in [0.1, 0.15) is 17.9 Å². The molecule has 1 N–H and O–H groups in total. The summed E-state index contributed by atoms with van der Waals surface area (Å²) >= 11 is 0. The molecule has 3 rings (SSSR count). The van der Waals surface area contributed by atoms with E-state index in [0.29, 0.717) is 11.3 Å². The number of rotatable bonds is 6. The summed E-state index contributed by atoms with van der Waals surface area (Å²) in [6.07, 6.45) is 0. The summed E-state index contributed by atoms with van der Waals surface area (Å²) in [5.41, 5.74) is 1.26. The fourth-order valence-electron chi connectivity index (χ4n) is 3.28. The molecule has 0 spiro atoms. The number of non-ortho nitro benzene ring substituents is 1. The maximum Gasteiger partial charge on any atom is 0.325 e. The zero-order valence-electron chi connectivity index (χ0n) is 15.9. The van der Waals surface area contributed by atoms with Gasteiger partial charge in [-0.2, -0.15) is 0 Å². The van der Waals surface area contributed by atoms with Crippen molar-refractivity contribution in [2.24, 2.45) is 0 Å². The molecular weight excluding hydrogens is 362 g/mol. The monoisotopic (exact) mass is 383 g/mol. The number of amides is 3. The summed E-state index contributed by atoms with van der Waals surface area (Å²) in [7, 11) is 0. The maximum absolute atomic E-state index is 12.9. The van der Waals surface area contributed by atoms with Crippen LogP contribution in [0.15, 0.2) is 42.5 Å². The standard InChI is InChI=1S/C20H21N3O5/c1-13-10-14(2)12-17(11-13)28-9-8-22-18(24)20(3,21-19(22)25)15-4-6-16(7-5-15)23(26)27/h4-7,10-12H,8-9H2,1-3H3,(H,21,25)/t20-/m0/s1. The van der Waals surface area contributed by atoms with Crippen LogP contribution in [0.4, 0.5) is 10.5 Å². The highest BCUT2D eigenvalue weighted by Crippen LogP contribution is 2.30. The van der Waals surface area contributed by atoms with Crippen LogP contribution in [0.1, 0.15) is 23.6 Å². The molecule has 3 amide bonds. The van der Waals surface area contributed by atoms with Gasteiger partial charge in [-0.3, -0.25) is 19.8 Å². The van der Waals surface area contributed by atoms with Gasteiger partial charge in [-0.15, -0.1) is 0 Å². The van der Waals surface area contributed by atoms with Gasteiger partial charge < -0.3 is 10.1 Å². The molecule has 0 saturated carbocycles. The molecule has 0 aromatic heterocycles. The van der Waals surface area contributed by atoms with Crippen molar-refractivity contribution in [3.63, 3.8) is 0 Å². The summed E-state index contributed by atoms with van der Waals surface area (Å²) in [5, 5.41) is 13.5. The van der Waals surface area contributed by atoms with E-state index in [9.17, 15) is 19.7 Å². The van der Waals surface area contributed by atoms with E-state index < -0.39 is 22.4 Å². The zero-order valence-corrected chi connectivity index (χ0v) is 15.9. The molecule has 1 fully saturated rings. The van der Waals surface area contributed by atoms with Gasteiger partial charge in [0.15, 0.2) is 0 Å². The number of hydrogen-bond acceptors (Lipinski definition) is 5. The Balaban J connectivity index is 1.69. The summed E-state index contributed by atoms with van der Waals surface area (Å²) in [6.45, 7) is 5.78. The van der Waals surface area contributed by atoms with Crippen molar-refractivity contribution in [1.82, 2.24) is 10.2 Å². The van der Waals surface area contributed by atoms with E-state index in [1.807, 2.05) is 32.0 Å². The van der Waals surface area contributed by atoms with Crippen molar-refractivity contribution in [3.05, 3.63) is 69.3 Å². The normalized spacial score (nSPS) is 18.9. The van der Waals surface area contributed by atoms with Crippen LogP contribution >= 0.6 is 0 Å². The van der Waals surface area contributed by atoms with E-state index in [-0.39, 0.29) is 18.8 Å². The number of aryl methyl sites for hydroxylation is 2. The van der Waals surface area contributed by atoms with Crippen LogP contribution in [0.5, 0.6) is 5.75 Å². The first kappa shape index (κ1) is 19.3. The Bertz CT molecular complexity index is 921. The van der Waals surface area contributed by atoms with Gasteiger partial charge >= 0.3 is 6.03 Å². The zero-order chi connectivity index (χ0) is 20.5. The van der Waals surface area contributed by atoms with Gasteiger partial charge in [0, 0.05) is 12.1 Å². The molecule has 1 aliphatic heterocycles. The molecule has 0 bridgehead atoms. The van der Waals surface area contributed by atoms with Crippen molar-refractivity contribution in [1.29, 1.82) is 0 Å². The highest BCUT2D eigenvalue weighted by atomic mass is 16.6. The van der Waals surface area contributed by atoms with Crippen molar-refractivity contribution in [2.45, 2.75) is 26.3 Å². The number of nitrogens with one attached hydrogen (secondary N) is 1. The Morgan fingerprint density at radius 2 is 1.71 bits per heavy atom. The molecule has 8 nitrogen and oxygen atoms in total. The number of carbonyl (C=O) groups is 2. The summed E-state index contributed by atoms with van der Waals surface area (Å²) in [5.74, 6) is 0.262. The van der Waals surface area contributed by atoms with E-state index in [0.717, 1.165) is 16.0 Å². The average molecular weight is 383 g/mol. The SMILES string of the molecule is Cc1cc(C)cc(OCCN2C(=O)N[C@@](C)(c3ccc([N+](=O)[O-])cc3)C2=O)c1. The van der Waals surface area contributed by atoms with Gasteiger partial charge in [0.05, 0.1) is 11.5 Å². The molecule has 1 atom stereocenters. The minimum Gasteiger partial charge on any atom is -0.492 e. The smallest absolute Gasteiger partial charge is 0.325 e. The molecule has 1 saturated heterocycles. The van der Waals surface area contributed by atoms with E-state index in [1.54, 1.807) is 6.92 Å². The molecule has 28 heavy (non-hydrogen) atoms. The number of urea groups is 1. The number of ether oxygens (including phenoxy) is 1. The molecule has 0 unspecified atom stereocenters. The lowest BCUT2D eigenvalue weighted by atomic mass is 9.92. The van der Waals surface area contributed by atoms with Crippen LogP contribution in [0, 0.1) is 24.0 Å². The number of nitro benzene ring substituents is 1. The highest BCUT2D eigenvalue weighted by molar-refractivity contribution is 6.07. The van der Waals surface area contributed by atoms with Gasteiger partial charge in [0.2, 0.25) is 0 Å². The van der Waals surface area contributed by atoms with Crippen molar-refractivity contribution < 1.29 is 19.2 Å². The van der Waals surface area contributed by atoms with Crippen LogP contribution in [0.25, 0.3) is 0 Å². The lowest BCUT2D eigenvalue weighted by Crippen LogP contribution is -2.41. The third-order valence-corrected chi connectivity index (χ3v) is 4.71. The van der Waals surface area contributed by atoms with Crippen LogP contribution in [0.3, 0.4) is 0 Å². The van der Waals surface area contributed by atoms with Crippen molar-refractivity contribution in [3.8, 4) is 5.75 Å². The number of imide groups is 1. The molecule has 2 aromatic rings. The largest absolute Gasteiger partial charge is 0.492 e. The fraction of sp³-hybridized carbons (Fsp3) is 0.300. The predicted molar refractivity (Wildman–Crippen MR) is 102 cm³/mol. The van der Waals surface area contributed by atoms with Crippen LogP contribution in [-0.4, -0.2) is 34.9 Å². The topological polar surface area (TPSA) is 102 Å². The Kier molecular flexibility index (Phi) is 5.04. The maximum atomic E-state index is 12.9. The van der Waals surface area contributed by atoms with Gasteiger partial charge in [0.25, 0.3) is 11.6 Å². The third kappa shape index (κ3) is 3.66. The number of carbonyl (C=O) groups excluding carboxylic acids is 2. The van der Waals surface area contributed by atoms with Gasteiger partial charge in [-0.25, -0.2) is 4.79 Å². The van der Waals surface area contributed by atoms with E-state index >= 15 is 0 Å². The van der Waals surface area contributed by atoms with E-state index in [4.69, 9.17) is 4.74 Å². The third-order valence-electron chi connectivity index (χ3n) is 4.71. The molecule has 2 aromatic carbocycles. The number of nitro groups is 1. The Labute approximate surface area is 162 Å². The van der Waals surface area contributed by atoms with E-state index in [1.165, 1.54) is 24.3 Å². The first-order valence-electron chi connectivity index (χ1n) is 8.81. The molecule has 1 heterocycles. The van der Waals surface area contributed by atoms with Gasteiger partial charge in [-0.1, -0.05) is 6.07 Å². The first-order valence-corrected chi connectivity index (χ1v) is 8.81. The van der Waals surface area contributed by atoms with E-state index in [2.05, 4.69) is 5.32 Å². The van der Waals surface area contributed by atoms with Crippen LogP contribution < -0.4 is 10.1 Å². The second kappa shape index (κ2) is 7.30. The molecule has 146 valence electrons. The van der Waals surface area contributed by atoms with Crippen LogP contribution in [-0.2, 0) is 10.3 Å². The first-order chi connectivity index (χ1) is 13.2. The summed E-state index contributed by atoms with van der Waals surface area (Å²) < 4.78 is 5.69. The lowest BCUT2D eigenvalue weighted by Gasteiger charge is -2.22. The molecule has 0 radical (unpaired) electrons. The molecule has 0 aliphatic carbocycles. The minimum atomic E-state index is -1.27. The predicted octanol–water partition coefficient (Wildman–Crippen LogP) is 3.06. The molecule has 1 aliphatic rings. The second-order valence-electron chi connectivity index (χ2n) is 6.99. The quantitative estimate of drug-likeness (QED) is 0.469. The summed E-state index contributed by atoms with van der Waals surface area (Å²) in [6, 6.07) is 10.9. The second-order valence-corrected chi connectivity index (χ2v) is 6.99. The number of hydrogen-bond donors (Lipinski definition) is 1. The van der Waals surface area contributed by atoms with Crippen molar-refractivity contribution >= 4 is 17.6 Å².